The zero-order valence-electron chi connectivity index (χ0n) is 16.2. The highest BCUT2D eigenvalue weighted by Crippen LogP contribution is 2.55. The van der Waals surface area contributed by atoms with E-state index in [9.17, 15) is 18.7 Å². The van der Waals surface area contributed by atoms with Crippen molar-refractivity contribution in [2.45, 2.75) is 57.5 Å². The molecule has 0 aromatic heterocycles. The minimum absolute atomic E-state index is 0.0164. The lowest BCUT2D eigenvalue weighted by atomic mass is 9.67. The van der Waals surface area contributed by atoms with Crippen molar-refractivity contribution in [1.29, 1.82) is 0 Å². The van der Waals surface area contributed by atoms with Crippen LogP contribution in [0.4, 0.5) is 8.78 Å². The van der Waals surface area contributed by atoms with Crippen molar-refractivity contribution in [1.82, 2.24) is 0 Å². The first-order chi connectivity index (χ1) is 13.1. The molecule has 0 spiro atoms. The molecule has 1 aromatic rings. The normalized spacial score (nSPS) is 23.1. The number of carbonyl (C=O) groups is 1. The summed E-state index contributed by atoms with van der Waals surface area (Å²) in [7, 11) is 0. The Hall–Kier alpha value is -1.63. The van der Waals surface area contributed by atoms with Gasteiger partial charge in [-0.3, -0.25) is 0 Å². The minimum Gasteiger partial charge on any atom is -0.508 e. The maximum atomic E-state index is 14.7. The zero-order chi connectivity index (χ0) is 20.7. The van der Waals surface area contributed by atoms with Crippen LogP contribution in [0.5, 0.6) is 11.5 Å². The van der Waals surface area contributed by atoms with Crippen LogP contribution in [0.3, 0.4) is 0 Å². The van der Waals surface area contributed by atoms with Gasteiger partial charge in [0.1, 0.15) is 17.1 Å². The lowest BCUT2D eigenvalue weighted by molar-refractivity contribution is -0.173. The Kier molecular flexibility index (Phi) is 5.76. The van der Waals surface area contributed by atoms with Crippen LogP contribution in [0.2, 0.25) is 0 Å². The van der Waals surface area contributed by atoms with Gasteiger partial charge in [0.25, 0.3) is 0 Å². The summed E-state index contributed by atoms with van der Waals surface area (Å²) in [6.45, 7) is 5.79. The summed E-state index contributed by atoms with van der Waals surface area (Å²) in [6, 6.07) is 2.14. The molecule has 1 aliphatic heterocycles. The summed E-state index contributed by atoms with van der Waals surface area (Å²) in [5, 5.41) is 11.1. The van der Waals surface area contributed by atoms with Gasteiger partial charge in [0.2, 0.25) is 0 Å². The van der Waals surface area contributed by atoms with Crippen molar-refractivity contribution in [3.8, 4) is 11.5 Å². The van der Waals surface area contributed by atoms with Crippen molar-refractivity contribution in [2.75, 3.05) is 11.9 Å². The third-order valence-corrected chi connectivity index (χ3v) is 6.20. The van der Waals surface area contributed by atoms with E-state index in [1.807, 2.05) is 20.8 Å². The Morgan fingerprint density at radius 1 is 1.43 bits per heavy atom. The van der Waals surface area contributed by atoms with Crippen LogP contribution in [0.1, 0.15) is 57.1 Å². The van der Waals surface area contributed by atoms with E-state index in [4.69, 9.17) is 4.74 Å². The first kappa shape index (κ1) is 21.1. The van der Waals surface area contributed by atoms with Gasteiger partial charge in [-0.2, -0.15) is 8.78 Å². The molecular weight excluding hydrogens is 434 g/mol. The van der Waals surface area contributed by atoms with Crippen molar-refractivity contribution in [3.05, 3.63) is 34.9 Å². The van der Waals surface area contributed by atoms with E-state index < -0.39 is 23.1 Å². The van der Waals surface area contributed by atoms with Crippen molar-refractivity contribution in [3.63, 3.8) is 0 Å². The first-order valence-electron chi connectivity index (χ1n) is 9.41. The summed E-state index contributed by atoms with van der Waals surface area (Å²) in [5.74, 6) is -5.43. The molecule has 0 amide bonds. The number of benzene rings is 1. The van der Waals surface area contributed by atoms with E-state index in [1.54, 1.807) is 0 Å². The van der Waals surface area contributed by atoms with Crippen LogP contribution in [0.25, 0.3) is 0 Å². The Labute approximate surface area is 172 Å². The van der Waals surface area contributed by atoms with Crippen molar-refractivity contribution >= 4 is 21.9 Å². The molecular formula is C21H25BrF2O4. The highest BCUT2D eigenvalue weighted by molar-refractivity contribution is 9.09. The number of ether oxygens (including phenoxy) is 2. The predicted octanol–water partition coefficient (Wildman–Crippen LogP) is 5.42. The molecule has 0 saturated carbocycles. The molecule has 1 aromatic carbocycles. The largest absolute Gasteiger partial charge is 0.508 e. The summed E-state index contributed by atoms with van der Waals surface area (Å²) in [6.07, 6.45) is 4.15. The third kappa shape index (κ3) is 3.78. The molecule has 1 heterocycles. The Morgan fingerprint density at radius 2 is 2.14 bits per heavy atom. The van der Waals surface area contributed by atoms with E-state index in [1.165, 1.54) is 11.6 Å². The summed E-state index contributed by atoms with van der Waals surface area (Å²) < 4.78 is 40.0. The van der Waals surface area contributed by atoms with E-state index in [0.717, 1.165) is 18.9 Å². The molecule has 7 heteroatoms. The number of phenols is 1. The fourth-order valence-electron chi connectivity index (χ4n) is 4.17. The quantitative estimate of drug-likeness (QED) is 0.277. The number of halogens is 3. The predicted molar refractivity (Wildman–Crippen MR) is 105 cm³/mol. The Morgan fingerprint density at radius 3 is 2.82 bits per heavy atom. The van der Waals surface area contributed by atoms with Crippen LogP contribution in [0, 0.1) is 5.92 Å². The standard InChI is InChI=1S/C21H25BrF2O4/c1-12-5-6-15-14(9-12)18-16(25)10-13(11-17(18)28-20(15,2)3)21(23,24)19(26)27-8-4-7-22/h5,10-11,14-15,25H,4,6-9H2,1-3H3/t14-,15-/m1/s1. The van der Waals surface area contributed by atoms with E-state index in [0.29, 0.717) is 17.3 Å². The summed E-state index contributed by atoms with van der Waals surface area (Å²) in [4.78, 5) is 11.9. The van der Waals surface area contributed by atoms with Crippen LogP contribution < -0.4 is 4.74 Å². The van der Waals surface area contributed by atoms with Crippen molar-refractivity contribution in [2.24, 2.45) is 5.92 Å². The molecule has 2 aliphatic rings. The fraction of sp³-hybridized carbons (Fsp3) is 0.571. The lowest BCUT2D eigenvalue weighted by Gasteiger charge is -2.47. The monoisotopic (exact) mass is 458 g/mol. The molecule has 0 fully saturated rings. The molecule has 0 bridgehead atoms. The molecule has 3 rings (SSSR count). The number of alkyl halides is 3. The van der Waals surface area contributed by atoms with Crippen LogP contribution in [-0.2, 0) is 15.5 Å². The van der Waals surface area contributed by atoms with Gasteiger partial charge in [-0.15, -0.1) is 0 Å². The number of hydrogen-bond donors (Lipinski definition) is 1. The SMILES string of the molecule is CC1=CC[C@@H]2[C@@H](C1)c1c(O)cc(C(F)(F)C(=O)OCCCBr)cc1OC2(C)C. The number of esters is 1. The summed E-state index contributed by atoms with van der Waals surface area (Å²) in [5.41, 5.74) is 0.550. The van der Waals surface area contributed by atoms with Gasteiger partial charge in [-0.1, -0.05) is 27.6 Å². The second kappa shape index (κ2) is 7.65. The number of fused-ring (bicyclic) bond motifs is 3. The molecule has 154 valence electrons. The zero-order valence-corrected chi connectivity index (χ0v) is 17.8. The second-order valence-electron chi connectivity index (χ2n) is 8.07. The van der Waals surface area contributed by atoms with Gasteiger partial charge in [-0.25, -0.2) is 4.79 Å². The number of rotatable bonds is 5. The van der Waals surface area contributed by atoms with E-state index in [2.05, 4.69) is 26.7 Å². The highest BCUT2D eigenvalue weighted by Gasteiger charge is 2.48. The van der Waals surface area contributed by atoms with Gasteiger partial charge in [0.05, 0.1) is 6.61 Å². The number of aromatic hydroxyl groups is 1. The molecule has 28 heavy (non-hydrogen) atoms. The van der Waals surface area contributed by atoms with E-state index >= 15 is 0 Å². The minimum atomic E-state index is -3.87. The molecule has 0 unspecified atom stereocenters. The first-order valence-corrected chi connectivity index (χ1v) is 10.5. The van der Waals surface area contributed by atoms with Crippen molar-refractivity contribution < 1.29 is 28.2 Å². The van der Waals surface area contributed by atoms with Gasteiger partial charge in [-0.05, 0) is 52.2 Å². The summed E-state index contributed by atoms with van der Waals surface area (Å²) >= 11 is 3.16. The lowest BCUT2D eigenvalue weighted by Crippen LogP contribution is -2.45. The maximum absolute atomic E-state index is 14.7. The fourth-order valence-corrected chi connectivity index (χ4v) is 4.40. The van der Waals surface area contributed by atoms with Gasteiger partial charge < -0.3 is 14.6 Å². The average molecular weight is 459 g/mol. The van der Waals surface area contributed by atoms with Gasteiger partial charge in [0, 0.05) is 28.3 Å². The van der Waals surface area contributed by atoms with Crippen LogP contribution in [-0.4, -0.2) is 28.6 Å². The number of carbonyl (C=O) groups excluding carboxylic acids is 1. The van der Waals surface area contributed by atoms with Gasteiger partial charge in [0.15, 0.2) is 0 Å². The molecule has 2 atom stereocenters. The van der Waals surface area contributed by atoms with E-state index in [-0.39, 0.29) is 29.9 Å². The Balaban J connectivity index is 1.98. The molecule has 0 saturated heterocycles. The van der Waals surface area contributed by atoms with Crippen LogP contribution in [0.15, 0.2) is 23.8 Å². The number of phenolic OH excluding ortho intramolecular Hbond substituents is 1. The second-order valence-corrected chi connectivity index (χ2v) is 8.86. The smallest absolute Gasteiger partial charge is 0.381 e. The molecule has 1 N–H and O–H groups in total. The molecule has 1 aliphatic carbocycles. The molecule has 0 radical (unpaired) electrons. The van der Waals surface area contributed by atoms with Crippen LogP contribution >= 0.6 is 15.9 Å². The highest BCUT2D eigenvalue weighted by atomic mass is 79.9. The number of allylic oxidation sites excluding steroid dienone is 2. The Bertz CT molecular complexity index is 804. The third-order valence-electron chi connectivity index (χ3n) is 5.63. The van der Waals surface area contributed by atoms with Gasteiger partial charge >= 0.3 is 11.9 Å². The topological polar surface area (TPSA) is 55.8 Å². The maximum Gasteiger partial charge on any atom is 0.381 e. The molecule has 4 nitrogen and oxygen atoms in total. The average Bonchev–Trinajstić information content (AvgIpc) is 2.60. The number of hydrogen-bond acceptors (Lipinski definition) is 4.